The van der Waals surface area contributed by atoms with Crippen LogP contribution < -0.4 is 10.6 Å². The lowest BCUT2D eigenvalue weighted by Crippen LogP contribution is -2.61. The van der Waals surface area contributed by atoms with Gasteiger partial charge >= 0.3 is 0 Å². The molecule has 2 heterocycles. The molecule has 2 amide bonds. The van der Waals surface area contributed by atoms with Crippen molar-refractivity contribution < 1.29 is 32.3 Å². The fraction of sp³-hybridized carbons (Fsp3) is 0.545. The van der Waals surface area contributed by atoms with Crippen molar-refractivity contribution in [3.63, 3.8) is 0 Å². The van der Waals surface area contributed by atoms with Crippen molar-refractivity contribution in [1.29, 1.82) is 0 Å². The Morgan fingerprint density at radius 2 is 1.84 bits per heavy atom. The molecule has 2 aromatic rings. The van der Waals surface area contributed by atoms with E-state index in [1.54, 1.807) is 37.4 Å². The Bertz CT molecular complexity index is 1490. The largest absolute Gasteiger partial charge is 0.377 e. The molecular weight excluding hydrogens is 616 g/mol. The van der Waals surface area contributed by atoms with E-state index in [2.05, 4.69) is 10.6 Å². The lowest BCUT2D eigenvalue weighted by atomic mass is 9.43. The van der Waals surface area contributed by atoms with Gasteiger partial charge in [-0.15, -0.1) is 0 Å². The molecule has 5 atom stereocenters. The van der Waals surface area contributed by atoms with Crippen LogP contribution in [-0.4, -0.2) is 50.7 Å². The first-order valence-corrected chi connectivity index (χ1v) is 15.8. The third-order valence-electron chi connectivity index (χ3n) is 10.7. The highest BCUT2D eigenvalue weighted by molar-refractivity contribution is 6.31. The van der Waals surface area contributed by atoms with E-state index in [0.717, 1.165) is 0 Å². The minimum Gasteiger partial charge on any atom is -0.377 e. The summed E-state index contributed by atoms with van der Waals surface area (Å²) in [5, 5.41) is 5.76. The Labute approximate surface area is 264 Å². The van der Waals surface area contributed by atoms with Crippen molar-refractivity contribution in [3.8, 4) is 0 Å². The smallest absolute Gasteiger partial charge is 0.236 e. The fourth-order valence-corrected chi connectivity index (χ4v) is 9.30. The highest BCUT2D eigenvalue weighted by Crippen LogP contribution is 2.77. The van der Waals surface area contributed by atoms with E-state index >= 15 is 4.39 Å². The topological polar surface area (TPSA) is 84.5 Å². The summed E-state index contributed by atoms with van der Waals surface area (Å²) in [5.41, 5.74) is -2.62. The number of nitrogens with one attached hydrogen (secondary N) is 2. The van der Waals surface area contributed by atoms with Gasteiger partial charge in [-0.2, -0.15) is 0 Å². The highest BCUT2D eigenvalue weighted by Gasteiger charge is 2.77. The first-order chi connectivity index (χ1) is 21.0. The number of alkyl halides is 2. The molecule has 4 aliphatic rings. The number of fused-ring (bicyclic) bond motifs is 3. The van der Waals surface area contributed by atoms with Crippen LogP contribution in [0.2, 0.25) is 10.0 Å². The van der Waals surface area contributed by atoms with Gasteiger partial charge in [-0.3, -0.25) is 23.2 Å². The quantitative estimate of drug-likeness (QED) is 0.332. The van der Waals surface area contributed by atoms with Crippen LogP contribution in [0.5, 0.6) is 0 Å². The zero-order valence-electron chi connectivity index (χ0n) is 24.4. The predicted octanol–water partition coefficient (Wildman–Crippen LogP) is 6.72. The Kier molecular flexibility index (Phi) is 8.29. The molecule has 2 aliphatic heterocycles. The number of ether oxygens (including phenoxy) is 1. The maximum atomic E-state index is 16.0. The number of carbonyl (C=O) groups excluding carboxylic acids is 3. The van der Waals surface area contributed by atoms with Crippen molar-refractivity contribution in [2.75, 3.05) is 32.3 Å². The average molecular weight is 652 g/mol. The minimum absolute atomic E-state index is 0.0403. The second-order valence-electron chi connectivity index (χ2n) is 13.2. The van der Waals surface area contributed by atoms with Gasteiger partial charge in [-0.25, -0.2) is 4.39 Å². The first kappa shape index (κ1) is 31.4. The van der Waals surface area contributed by atoms with Crippen LogP contribution in [0.25, 0.3) is 0 Å². The molecule has 1 saturated heterocycles. The number of ketones is 1. The standard InChI is InChI=1S/C33H35Cl2F3N2O4/c1-39-27(42)11-20-7-5-18(13-44-20)9-26(41)22-12-32(14-31(15-32,16-36)17-37)33(28(22)21-3-2-4-24(35)29(21)38)23-8-6-19(34)10-25(23)40-30(33)43/h2-4,6,8,10,18,20,22,28H,5,7,9,11-17H2,1H3,(H,39,42)(H,40,43)/t18-,20-,22-,28-,33+/m0/s1. The van der Waals surface area contributed by atoms with Gasteiger partial charge in [0, 0.05) is 41.4 Å². The van der Waals surface area contributed by atoms with Gasteiger partial charge in [0.25, 0.3) is 0 Å². The summed E-state index contributed by atoms with van der Waals surface area (Å²) in [6, 6.07) is 9.52. The van der Waals surface area contributed by atoms with Crippen molar-refractivity contribution in [1.82, 2.24) is 5.32 Å². The SMILES string of the molecule is CNC(=O)C[C@@H]1CC[C@@H](CC(=O)[C@@H]2CC3(CC(CF)(CF)C3)[C@@]3(C(=O)Nc4cc(Cl)ccc43)[C@H]2c2cccc(Cl)c2F)CO1. The van der Waals surface area contributed by atoms with Crippen LogP contribution in [0.4, 0.5) is 18.9 Å². The number of hydrogen-bond acceptors (Lipinski definition) is 4. The second kappa shape index (κ2) is 11.6. The number of benzene rings is 2. The third kappa shape index (κ3) is 4.76. The lowest BCUT2D eigenvalue weighted by Gasteiger charge is -2.59. The van der Waals surface area contributed by atoms with E-state index in [1.165, 1.54) is 6.07 Å². The monoisotopic (exact) mass is 650 g/mol. The van der Waals surface area contributed by atoms with Crippen molar-refractivity contribution >= 4 is 46.5 Å². The Morgan fingerprint density at radius 1 is 1.09 bits per heavy atom. The summed E-state index contributed by atoms with van der Waals surface area (Å²) in [7, 11) is 1.57. The van der Waals surface area contributed by atoms with E-state index < -0.39 is 53.2 Å². The number of hydrogen-bond donors (Lipinski definition) is 2. The van der Waals surface area contributed by atoms with Gasteiger partial charge in [0.1, 0.15) is 11.6 Å². The average Bonchev–Trinajstić information content (AvgIpc) is 3.46. The van der Waals surface area contributed by atoms with E-state index in [4.69, 9.17) is 27.9 Å². The normalized spacial score (nSPS) is 29.7. The summed E-state index contributed by atoms with van der Waals surface area (Å²) in [5.74, 6) is -3.34. The van der Waals surface area contributed by atoms with Crippen molar-refractivity contribution in [2.24, 2.45) is 22.7 Å². The summed E-state index contributed by atoms with van der Waals surface area (Å²) < 4.78 is 50.6. The zero-order chi connectivity index (χ0) is 31.4. The number of carbonyl (C=O) groups is 3. The van der Waals surface area contributed by atoms with Crippen molar-refractivity contribution in [3.05, 3.63) is 63.4 Å². The van der Waals surface area contributed by atoms with Crippen LogP contribution in [0, 0.1) is 28.5 Å². The molecule has 2 saturated carbocycles. The summed E-state index contributed by atoms with van der Waals surface area (Å²) in [6.07, 6.45) is 1.68. The van der Waals surface area contributed by atoms with Gasteiger partial charge in [-0.1, -0.05) is 41.4 Å². The molecule has 11 heteroatoms. The molecule has 0 radical (unpaired) electrons. The van der Waals surface area contributed by atoms with Gasteiger partial charge in [0.05, 0.1) is 42.9 Å². The molecule has 6 rings (SSSR count). The molecule has 2 spiro atoms. The number of Topliss-reactive ketones (excluding diaryl/α,β-unsaturated/α-hetero) is 1. The van der Waals surface area contributed by atoms with E-state index in [9.17, 15) is 23.2 Å². The molecular formula is C33H35Cl2F3N2O4. The van der Waals surface area contributed by atoms with Gasteiger partial charge in [-0.05, 0) is 72.8 Å². The molecule has 0 unspecified atom stereocenters. The van der Waals surface area contributed by atoms with E-state index in [0.29, 0.717) is 35.7 Å². The molecule has 0 aromatic heterocycles. The molecule has 6 nitrogen and oxygen atoms in total. The number of halogens is 5. The molecule has 236 valence electrons. The number of amides is 2. The number of anilines is 1. The second-order valence-corrected chi connectivity index (χ2v) is 14.1. The Balaban J connectivity index is 1.42. The highest BCUT2D eigenvalue weighted by atomic mass is 35.5. The van der Waals surface area contributed by atoms with Gasteiger partial charge < -0.3 is 15.4 Å². The van der Waals surface area contributed by atoms with E-state index in [1.807, 2.05) is 0 Å². The molecule has 2 aliphatic carbocycles. The van der Waals surface area contributed by atoms with Crippen LogP contribution >= 0.6 is 23.2 Å². The lowest BCUT2D eigenvalue weighted by molar-refractivity contribution is -0.143. The maximum absolute atomic E-state index is 16.0. The van der Waals surface area contributed by atoms with Gasteiger partial charge in [0.15, 0.2) is 0 Å². The molecule has 44 heavy (non-hydrogen) atoms. The van der Waals surface area contributed by atoms with Gasteiger partial charge in [0.2, 0.25) is 11.8 Å². The van der Waals surface area contributed by atoms with Crippen LogP contribution in [0.15, 0.2) is 36.4 Å². The minimum atomic E-state index is -1.48. The molecule has 2 aromatic carbocycles. The zero-order valence-corrected chi connectivity index (χ0v) is 25.9. The van der Waals surface area contributed by atoms with Crippen LogP contribution in [-0.2, 0) is 24.5 Å². The summed E-state index contributed by atoms with van der Waals surface area (Å²) >= 11 is 12.6. The van der Waals surface area contributed by atoms with Crippen molar-refractivity contribution in [2.45, 2.75) is 62.4 Å². The van der Waals surface area contributed by atoms with E-state index in [-0.39, 0.29) is 66.4 Å². The fourth-order valence-electron chi connectivity index (χ4n) is 8.94. The predicted molar refractivity (Wildman–Crippen MR) is 161 cm³/mol. The Morgan fingerprint density at radius 3 is 2.50 bits per heavy atom. The molecule has 2 N–H and O–H groups in total. The van der Waals surface area contributed by atoms with Crippen LogP contribution in [0.3, 0.4) is 0 Å². The Hall–Kier alpha value is -2.62. The maximum Gasteiger partial charge on any atom is 0.236 e. The molecule has 0 bridgehead atoms. The number of rotatable bonds is 8. The van der Waals surface area contributed by atoms with Crippen LogP contribution in [0.1, 0.15) is 62.0 Å². The molecule has 3 fully saturated rings. The summed E-state index contributed by atoms with van der Waals surface area (Å²) in [6.45, 7) is -1.51. The summed E-state index contributed by atoms with van der Waals surface area (Å²) in [4.78, 5) is 40.6. The third-order valence-corrected chi connectivity index (χ3v) is 11.2. The first-order valence-electron chi connectivity index (χ1n) is 15.1.